The predicted octanol–water partition coefficient (Wildman–Crippen LogP) is 1.85. The number of nitrogens with one attached hydrogen (secondary N) is 1. The lowest BCUT2D eigenvalue weighted by Crippen LogP contribution is -2.30. The molecule has 0 unspecified atom stereocenters. The largest absolute Gasteiger partial charge is 0.495 e. The molecule has 1 amide bonds. The van der Waals surface area contributed by atoms with Gasteiger partial charge in [0, 0.05) is 0 Å². The van der Waals surface area contributed by atoms with Crippen LogP contribution in [0.15, 0.2) is 54.9 Å². The van der Waals surface area contributed by atoms with E-state index < -0.39 is 18.0 Å². The molecule has 0 fully saturated rings. The summed E-state index contributed by atoms with van der Waals surface area (Å²) < 4.78 is 11.9. The SMILES string of the molecule is COc1ccccc1NC(=O)[C@@H](C)OC(=O)c1cccc(-n2cnnn2)c1. The smallest absolute Gasteiger partial charge is 0.338 e. The second kappa shape index (κ2) is 8.09. The van der Waals surface area contributed by atoms with Crippen LogP contribution in [-0.2, 0) is 9.53 Å². The fraction of sp³-hybridized carbons (Fsp3) is 0.167. The van der Waals surface area contributed by atoms with E-state index in [1.54, 1.807) is 48.5 Å². The molecule has 138 valence electrons. The fourth-order valence-corrected chi connectivity index (χ4v) is 2.32. The number of ether oxygens (including phenoxy) is 2. The Bertz CT molecular complexity index is 942. The Balaban J connectivity index is 1.67. The number of hydrogen-bond acceptors (Lipinski definition) is 7. The zero-order chi connectivity index (χ0) is 19.2. The van der Waals surface area contributed by atoms with Gasteiger partial charge in [-0.15, -0.1) is 5.10 Å². The van der Waals surface area contributed by atoms with E-state index in [9.17, 15) is 9.59 Å². The van der Waals surface area contributed by atoms with Crippen LogP contribution >= 0.6 is 0 Å². The highest BCUT2D eigenvalue weighted by atomic mass is 16.5. The topological polar surface area (TPSA) is 108 Å². The maximum Gasteiger partial charge on any atom is 0.338 e. The van der Waals surface area contributed by atoms with Crippen molar-refractivity contribution in [1.82, 2.24) is 20.2 Å². The Morgan fingerprint density at radius 3 is 2.70 bits per heavy atom. The molecule has 0 saturated heterocycles. The van der Waals surface area contributed by atoms with Crippen molar-refractivity contribution in [3.05, 3.63) is 60.4 Å². The number of rotatable bonds is 6. The summed E-state index contributed by atoms with van der Waals surface area (Å²) in [7, 11) is 1.51. The van der Waals surface area contributed by atoms with Crippen LogP contribution in [0.5, 0.6) is 5.75 Å². The molecule has 1 heterocycles. The number of esters is 1. The third-order valence-corrected chi connectivity index (χ3v) is 3.71. The van der Waals surface area contributed by atoms with E-state index in [2.05, 4.69) is 20.8 Å². The molecule has 1 N–H and O–H groups in total. The van der Waals surface area contributed by atoms with Gasteiger partial charge >= 0.3 is 5.97 Å². The van der Waals surface area contributed by atoms with Gasteiger partial charge in [0.05, 0.1) is 24.0 Å². The summed E-state index contributed by atoms with van der Waals surface area (Å²) in [6.07, 6.45) is 0.410. The van der Waals surface area contributed by atoms with Crippen molar-refractivity contribution in [2.45, 2.75) is 13.0 Å². The molecule has 0 spiro atoms. The van der Waals surface area contributed by atoms with Gasteiger partial charge in [-0.1, -0.05) is 18.2 Å². The molecular weight excluding hydrogens is 350 g/mol. The zero-order valence-corrected chi connectivity index (χ0v) is 14.7. The highest BCUT2D eigenvalue weighted by Gasteiger charge is 2.20. The third kappa shape index (κ3) is 4.27. The maximum atomic E-state index is 12.4. The summed E-state index contributed by atoms with van der Waals surface area (Å²) in [4.78, 5) is 24.7. The highest BCUT2D eigenvalue weighted by Crippen LogP contribution is 2.23. The second-order valence-corrected chi connectivity index (χ2v) is 5.54. The molecule has 0 aliphatic heterocycles. The van der Waals surface area contributed by atoms with E-state index in [0.717, 1.165) is 0 Å². The Hall–Kier alpha value is -3.75. The first kappa shape index (κ1) is 18.1. The Morgan fingerprint density at radius 1 is 1.15 bits per heavy atom. The van der Waals surface area contributed by atoms with Gasteiger partial charge in [-0.05, 0) is 47.7 Å². The summed E-state index contributed by atoms with van der Waals surface area (Å²) >= 11 is 0. The lowest BCUT2D eigenvalue weighted by molar-refractivity contribution is -0.123. The van der Waals surface area contributed by atoms with Crippen LogP contribution < -0.4 is 10.1 Å². The molecule has 2 aromatic carbocycles. The summed E-state index contributed by atoms with van der Waals surface area (Å²) in [6, 6.07) is 13.5. The molecule has 0 aliphatic carbocycles. The number of tetrazole rings is 1. The minimum atomic E-state index is -1.00. The van der Waals surface area contributed by atoms with Gasteiger partial charge in [0.1, 0.15) is 12.1 Å². The Kier molecular flexibility index (Phi) is 5.41. The second-order valence-electron chi connectivity index (χ2n) is 5.54. The van der Waals surface area contributed by atoms with Gasteiger partial charge in [0.25, 0.3) is 5.91 Å². The first-order valence-corrected chi connectivity index (χ1v) is 8.07. The van der Waals surface area contributed by atoms with Crippen molar-refractivity contribution in [2.24, 2.45) is 0 Å². The molecule has 1 aromatic heterocycles. The van der Waals surface area contributed by atoms with Gasteiger partial charge in [-0.25, -0.2) is 9.48 Å². The zero-order valence-electron chi connectivity index (χ0n) is 14.7. The van der Waals surface area contributed by atoms with Crippen molar-refractivity contribution in [3.8, 4) is 11.4 Å². The van der Waals surface area contributed by atoms with E-state index in [4.69, 9.17) is 9.47 Å². The van der Waals surface area contributed by atoms with Crippen molar-refractivity contribution >= 4 is 17.6 Å². The van der Waals surface area contributed by atoms with E-state index in [1.165, 1.54) is 25.0 Å². The first-order chi connectivity index (χ1) is 13.1. The third-order valence-electron chi connectivity index (χ3n) is 3.71. The maximum absolute atomic E-state index is 12.4. The molecule has 0 radical (unpaired) electrons. The summed E-state index contributed by atoms with van der Waals surface area (Å²) in [5.41, 5.74) is 1.37. The number of aromatic nitrogens is 4. The lowest BCUT2D eigenvalue weighted by atomic mass is 10.2. The number of methoxy groups -OCH3 is 1. The van der Waals surface area contributed by atoms with Gasteiger partial charge in [0.2, 0.25) is 0 Å². The molecule has 9 heteroatoms. The van der Waals surface area contributed by atoms with Crippen LogP contribution in [0.25, 0.3) is 5.69 Å². The summed E-state index contributed by atoms with van der Waals surface area (Å²) in [5, 5.41) is 13.6. The minimum Gasteiger partial charge on any atom is -0.495 e. The number of anilines is 1. The molecule has 0 aliphatic rings. The number of carbonyl (C=O) groups excluding carboxylic acids is 2. The van der Waals surface area contributed by atoms with E-state index in [1.807, 2.05) is 0 Å². The van der Waals surface area contributed by atoms with Gasteiger partial charge < -0.3 is 14.8 Å². The van der Waals surface area contributed by atoms with Gasteiger partial charge in [-0.2, -0.15) is 0 Å². The quantitative estimate of drug-likeness (QED) is 0.662. The highest BCUT2D eigenvalue weighted by molar-refractivity contribution is 5.98. The molecule has 0 saturated carbocycles. The Morgan fingerprint density at radius 2 is 1.96 bits per heavy atom. The monoisotopic (exact) mass is 367 g/mol. The fourth-order valence-electron chi connectivity index (χ4n) is 2.32. The van der Waals surface area contributed by atoms with E-state index in [-0.39, 0.29) is 5.56 Å². The minimum absolute atomic E-state index is 0.278. The number of hydrogen-bond donors (Lipinski definition) is 1. The number of carbonyl (C=O) groups is 2. The number of para-hydroxylation sites is 2. The summed E-state index contributed by atoms with van der Waals surface area (Å²) in [6.45, 7) is 1.49. The molecule has 3 aromatic rings. The number of benzene rings is 2. The molecule has 0 bridgehead atoms. The van der Waals surface area contributed by atoms with Crippen LogP contribution in [0.3, 0.4) is 0 Å². The van der Waals surface area contributed by atoms with Crippen LogP contribution in [-0.4, -0.2) is 45.3 Å². The number of amides is 1. The van der Waals surface area contributed by atoms with Crippen LogP contribution in [0, 0.1) is 0 Å². The molecule has 1 atom stereocenters. The van der Waals surface area contributed by atoms with Gasteiger partial charge in [0.15, 0.2) is 6.10 Å². The number of nitrogens with zero attached hydrogens (tertiary/aromatic N) is 4. The average molecular weight is 367 g/mol. The van der Waals surface area contributed by atoms with Crippen molar-refractivity contribution in [2.75, 3.05) is 12.4 Å². The lowest BCUT2D eigenvalue weighted by Gasteiger charge is -2.15. The normalized spacial score (nSPS) is 11.5. The van der Waals surface area contributed by atoms with E-state index >= 15 is 0 Å². The van der Waals surface area contributed by atoms with E-state index in [0.29, 0.717) is 17.1 Å². The molecular formula is C18H17N5O4. The summed E-state index contributed by atoms with van der Waals surface area (Å²) in [5.74, 6) is -0.587. The first-order valence-electron chi connectivity index (χ1n) is 8.07. The van der Waals surface area contributed by atoms with Crippen molar-refractivity contribution in [3.63, 3.8) is 0 Å². The van der Waals surface area contributed by atoms with Crippen LogP contribution in [0.4, 0.5) is 5.69 Å². The average Bonchev–Trinajstić information content (AvgIpc) is 3.23. The van der Waals surface area contributed by atoms with Crippen molar-refractivity contribution in [1.29, 1.82) is 0 Å². The Labute approximate surface area is 154 Å². The standard InChI is InChI=1S/C18H17N5O4/c1-12(17(24)20-15-8-3-4-9-16(15)26-2)27-18(25)13-6-5-7-14(10-13)23-11-19-21-22-23/h3-12H,1-2H3,(H,20,24)/t12-/m1/s1. The van der Waals surface area contributed by atoms with Crippen molar-refractivity contribution < 1.29 is 19.1 Å². The molecule has 9 nitrogen and oxygen atoms in total. The van der Waals surface area contributed by atoms with Crippen LogP contribution in [0.2, 0.25) is 0 Å². The molecule has 27 heavy (non-hydrogen) atoms. The van der Waals surface area contributed by atoms with Gasteiger partial charge in [-0.3, -0.25) is 4.79 Å². The van der Waals surface area contributed by atoms with Crippen LogP contribution in [0.1, 0.15) is 17.3 Å². The molecule has 3 rings (SSSR count). The predicted molar refractivity (Wildman–Crippen MR) is 95.7 cm³/mol.